The highest BCUT2D eigenvalue weighted by Crippen LogP contribution is 2.65. The number of rotatable bonds is 25. The van der Waals surface area contributed by atoms with Gasteiger partial charge in [-0.15, -0.1) is 0 Å². The minimum absolute atomic E-state index is 0.0752. The number of esters is 4. The Bertz CT molecular complexity index is 5080. The molecule has 0 saturated heterocycles. The molecule has 0 bridgehead atoms. The number of aryl methyl sites for hydroxylation is 4. The highest BCUT2D eigenvalue weighted by Gasteiger charge is 2.42. The van der Waals surface area contributed by atoms with E-state index in [0.717, 1.165) is 69.3 Å². The molecule has 8 heterocycles. The van der Waals surface area contributed by atoms with Crippen molar-refractivity contribution in [2.75, 3.05) is 14.2 Å². The molecule has 0 N–H and O–H groups in total. The quantitative estimate of drug-likeness (QED) is 0.0225. The summed E-state index contributed by atoms with van der Waals surface area (Å²) in [6.45, 7) is 26.6. The van der Waals surface area contributed by atoms with E-state index in [-0.39, 0.29) is 45.6 Å². The van der Waals surface area contributed by atoms with Gasteiger partial charge in [-0.25, -0.2) is 19.2 Å². The number of carbonyl (C=O) groups excluding carboxylic acids is 4. The molecule has 562 valence electrons. The van der Waals surface area contributed by atoms with Gasteiger partial charge in [-0.1, -0.05) is 78.3 Å². The van der Waals surface area contributed by atoms with Crippen LogP contribution in [0.3, 0.4) is 0 Å². The lowest BCUT2D eigenvalue weighted by atomic mass is 9.96. The van der Waals surface area contributed by atoms with Crippen molar-refractivity contribution in [1.82, 2.24) is 17.4 Å². The highest BCUT2D eigenvalue weighted by atomic mass is 31.2. The molecule has 6 aromatic carbocycles. The summed E-state index contributed by atoms with van der Waals surface area (Å²) in [4.78, 5) is 51.1. The molecule has 10 aromatic rings. The number of benzene rings is 6. The van der Waals surface area contributed by atoms with Gasteiger partial charge in [0.25, 0.3) is 0 Å². The smallest absolute Gasteiger partial charge is 0.421 e. The van der Waals surface area contributed by atoms with E-state index in [4.69, 9.17) is 64.6 Å². The van der Waals surface area contributed by atoms with Crippen LogP contribution in [0.5, 0.6) is 80.5 Å². The van der Waals surface area contributed by atoms with Crippen LogP contribution >= 0.6 is 34.1 Å². The molecular formula is C84H78N4O18P4. The second-order valence-electron chi connectivity index (χ2n) is 25.3. The number of allylic oxidation sites excluding steroid dienone is 2. The molecule has 0 amide bonds. The van der Waals surface area contributed by atoms with Crippen LogP contribution in [0.1, 0.15) is 120 Å². The second-order valence-corrected chi connectivity index (χ2v) is 30.4. The van der Waals surface area contributed by atoms with Crippen molar-refractivity contribution in [2.45, 2.75) is 92.9 Å². The molecule has 110 heavy (non-hydrogen) atoms. The first-order valence-corrected chi connectivity index (χ1v) is 40.1. The average molecular weight is 1560 g/mol. The lowest BCUT2D eigenvalue weighted by Crippen LogP contribution is -2.11. The van der Waals surface area contributed by atoms with E-state index in [2.05, 4.69) is 54.0 Å². The fourth-order valence-electron chi connectivity index (χ4n) is 13.6. The molecular weight excluding hydrogens is 1480 g/mol. The number of fused-ring (bicyclic) bond motifs is 8. The van der Waals surface area contributed by atoms with Crippen molar-refractivity contribution < 1.29 is 83.8 Å². The molecule has 4 aromatic heterocycles. The van der Waals surface area contributed by atoms with Gasteiger partial charge in [0.05, 0.1) is 25.3 Å². The van der Waals surface area contributed by atoms with Crippen molar-refractivity contribution in [1.29, 1.82) is 0 Å². The average Bonchev–Trinajstić information content (AvgIpc) is 1.14. The van der Waals surface area contributed by atoms with Gasteiger partial charge in [0, 0.05) is 131 Å². The maximum absolute atomic E-state index is 12.8. The number of ether oxygens (including phenoxy) is 6. The van der Waals surface area contributed by atoms with E-state index in [1.807, 2.05) is 117 Å². The number of hydrogen-bond donors (Lipinski definition) is 0. The molecule has 26 heteroatoms. The molecule has 0 aliphatic carbocycles. The largest absolute Gasteiger partial charge is 0.492 e. The normalized spacial score (nSPS) is 15.6. The van der Waals surface area contributed by atoms with E-state index in [0.29, 0.717) is 131 Å². The molecule has 4 atom stereocenters. The summed E-state index contributed by atoms with van der Waals surface area (Å²) >= 11 is 0. The summed E-state index contributed by atoms with van der Waals surface area (Å²) in [6.07, 6.45) is 23.7. The van der Waals surface area contributed by atoms with Gasteiger partial charge in [0.1, 0.15) is 57.5 Å². The van der Waals surface area contributed by atoms with Gasteiger partial charge in [0.15, 0.2) is 23.0 Å². The Morgan fingerprint density at radius 1 is 0.382 bits per heavy atom. The van der Waals surface area contributed by atoms with Gasteiger partial charge in [-0.2, -0.15) is 0 Å². The van der Waals surface area contributed by atoms with Crippen molar-refractivity contribution in [3.05, 3.63) is 275 Å². The predicted octanol–water partition coefficient (Wildman–Crippen LogP) is 19.8. The van der Waals surface area contributed by atoms with Crippen LogP contribution in [0.2, 0.25) is 0 Å². The zero-order chi connectivity index (χ0) is 77.0. The van der Waals surface area contributed by atoms with E-state index >= 15 is 0 Å². The Morgan fingerprint density at radius 2 is 0.645 bits per heavy atom. The van der Waals surface area contributed by atoms with Crippen LogP contribution in [0, 0.1) is 0 Å². The molecule has 14 rings (SSSR count). The van der Waals surface area contributed by atoms with Crippen LogP contribution in [0.15, 0.2) is 197 Å². The third kappa shape index (κ3) is 15.0. The van der Waals surface area contributed by atoms with Gasteiger partial charge in [0.2, 0.25) is 0 Å². The summed E-state index contributed by atoms with van der Waals surface area (Å²) in [6, 6.07) is 32.6. The number of aromatic nitrogens is 4. The maximum atomic E-state index is 12.8. The fourth-order valence-corrected chi connectivity index (χ4v) is 19.4. The number of hydrogen-bond acceptors (Lipinski definition) is 18. The summed E-state index contributed by atoms with van der Waals surface area (Å²) in [5.41, 5.74) is 11.7. The fraction of sp³-hybridized carbons (Fsp3) is 0.190. The van der Waals surface area contributed by atoms with Gasteiger partial charge < -0.3 is 64.6 Å². The topological polar surface area (TPSA) is 217 Å². The molecule has 4 aliphatic rings. The molecule has 22 nitrogen and oxygen atoms in total. The highest BCUT2D eigenvalue weighted by molar-refractivity contribution is 7.47. The van der Waals surface area contributed by atoms with Crippen LogP contribution in [0.4, 0.5) is 0 Å². The number of methoxy groups -OCH3 is 2. The molecule has 0 radical (unpaired) electrons. The predicted molar refractivity (Wildman–Crippen MR) is 424 cm³/mol. The Labute approximate surface area is 641 Å². The molecule has 0 saturated carbocycles. The van der Waals surface area contributed by atoms with Crippen molar-refractivity contribution in [3.63, 3.8) is 0 Å². The second kappa shape index (κ2) is 32.7. The SMILES string of the molecule is C=CC(=O)Oc1ccc2c(c1)Cc1c(CC)ccn1P(Oc1cc(/C=C\C)c(OC)c(OP3Oc4ccc(OC(=O)C=C)cc4Cc4c(CC)ccn43)c1-c1c(OP3Oc4ccc(OC(=O)C=C)cc4Cc4c(CC)ccn43)cc(/C=C/C)c(OC)c1OP1Oc3ccc(OC(=O)C=C)cc3Cc3c(CC)ccn31)O2. The van der Waals surface area contributed by atoms with Crippen molar-refractivity contribution in [3.8, 4) is 91.6 Å². The first-order chi connectivity index (χ1) is 53.5. The lowest BCUT2D eigenvalue weighted by Gasteiger charge is -2.30. The van der Waals surface area contributed by atoms with Crippen LogP contribution in [-0.4, -0.2) is 55.4 Å². The number of carbonyl (C=O) groups is 4. The van der Waals surface area contributed by atoms with E-state index in [9.17, 15) is 19.2 Å². The van der Waals surface area contributed by atoms with E-state index < -0.39 is 58.0 Å². The third-order valence-corrected chi connectivity index (χ3v) is 24.5. The third-order valence-electron chi connectivity index (χ3n) is 18.8. The first kappa shape index (κ1) is 75.3. The van der Waals surface area contributed by atoms with Crippen molar-refractivity contribution >= 4 is 70.1 Å². The molecule has 0 spiro atoms. The lowest BCUT2D eigenvalue weighted by molar-refractivity contribution is -0.129. The minimum Gasteiger partial charge on any atom is -0.492 e. The summed E-state index contributed by atoms with van der Waals surface area (Å²) < 4.78 is 105. The van der Waals surface area contributed by atoms with E-state index in [1.165, 1.54) is 0 Å². The monoisotopic (exact) mass is 1550 g/mol. The van der Waals surface area contributed by atoms with Gasteiger partial charge in [-0.05, 0) is 171 Å². The summed E-state index contributed by atoms with van der Waals surface area (Å²) in [5, 5.41) is 0. The Morgan fingerprint density at radius 3 is 0.882 bits per heavy atom. The van der Waals surface area contributed by atoms with Crippen LogP contribution < -0.4 is 64.6 Å². The molecule has 4 unspecified atom stereocenters. The Hall–Kier alpha value is -11.5. The van der Waals surface area contributed by atoms with Gasteiger partial charge >= 0.3 is 58.0 Å². The van der Waals surface area contributed by atoms with Crippen LogP contribution in [-0.2, 0) is 70.5 Å². The van der Waals surface area contributed by atoms with Crippen molar-refractivity contribution in [2.24, 2.45) is 0 Å². The maximum Gasteiger partial charge on any atom is 0.421 e. The summed E-state index contributed by atoms with van der Waals surface area (Å²) in [5.74, 6) is 1.37. The Balaban J connectivity index is 1.08. The summed E-state index contributed by atoms with van der Waals surface area (Å²) in [7, 11) is -6.31. The first-order valence-electron chi connectivity index (χ1n) is 35.6. The molecule has 4 aliphatic heterocycles. The minimum atomic E-state index is -2.38. The number of nitrogens with zero attached hydrogens (tertiary/aromatic N) is 4. The molecule has 0 fully saturated rings. The van der Waals surface area contributed by atoms with Crippen LogP contribution in [0.25, 0.3) is 23.3 Å². The van der Waals surface area contributed by atoms with E-state index in [1.54, 1.807) is 87.0 Å². The zero-order valence-corrected chi connectivity index (χ0v) is 65.3. The zero-order valence-electron chi connectivity index (χ0n) is 61.7. The van der Waals surface area contributed by atoms with Gasteiger partial charge in [-0.3, -0.25) is 17.4 Å². The standard InChI is InChI=1S/C84H78N4O18P4/c1-13-23-55-49-73(103-107-85-37-33-51(15-3)65(85)45-57-41-61(95-75(89)19-7)25-29-69(57)99-107)79(83(81(55)93-11)105-109-87-39-35-53(17-5)67(87)47-59-43-63(97-77(91)21-9)27-31-71(59)101-109)80-74(104-108-86-38-34-52(16-4)66(86)46-58-42-62(96-76(90)20-8)26-30-70(58)100-108)50-56(24-14-2)82(94-12)84(80)106-110-88-40-36-54(18-6)68(88)48-60-44-64(98-78(92)22-10)28-32-72(60)102-110/h13-14,19-44,49-50H,7-10,15-18,45-48H2,1-6,11-12H3/b23-13-,24-14+. The Kier molecular flexibility index (Phi) is 22.4.